The number of methoxy groups -OCH3 is 1. The van der Waals surface area contributed by atoms with Gasteiger partial charge in [-0.05, 0) is 31.9 Å². The number of hydrogen-bond acceptors (Lipinski definition) is 3. The first-order valence-corrected chi connectivity index (χ1v) is 8.59. The molecule has 1 aromatic rings. The van der Waals surface area contributed by atoms with Gasteiger partial charge in [0.1, 0.15) is 5.75 Å². The highest BCUT2D eigenvalue weighted by molar-refractivity contribution is 5.91. The molecule has 0 aromatic heterocycles. The highest BCUT2D eigenvalue weighted by Gasteiger charge is 2.18. The van der Waals surface area contributed by atoms with Gasteiger partial charge in [-0.15, -0.1) is 0 Å². The second kappa shape index (κ2) is 10.6. The third kappa shape index (κ3) is 7.00. The minimum atomic E-state index is -0.115. The predicted octanol–water partition coefficient (Wildman–Crippen LogP) is 0.843. The van der Waals surface area contributed by atoms with Crippen LogP contribution in [0.15, 0.2) is 24.3 Å². The Morgan fingerprint density at radius 1 is 1.12 bits per heavy atom. The van der Waals surface area contributed by atoms with Crippen molar-refractivity contribution in [2.24, 2.45) is 0 Å². The number of benzene rings is 1. The summed E-state index contributed by atoms with van der Waals surface area (Å²) in [5, 5.41) is 5.86. The zero-order valence-electron chi connectivity index (χ0n) is 15.1. The Morgan fingerprint density at radius 3 is 2.38 bits per heavy atom. The Morgan fingerprint density at radius 2 is 1.79 bits per heavy atom. The van der Waals surface area contributed by atoms with Crippen LogP contribution in [-0.4, -0.2) is 44.6 Å². The molecule has 0 heterocycles. The van der Waals surface area contributed by atoms with E-state index in [-0.39, 0.29) is 24.4 Å². The van der Waals surface area contributed by atoms with E-state index in [9.17, 15) is 9.59 Å². The summed E-state index contributed by atoms with van der Waals surface area (Å²) in [6.07, 6.45) is 1.83. The van der Waals surface area contributed by atoms with Crippen molar-refractivity contribution in [1.29, 1.82) is 0 Å². The van der Waals surface area contributed by atoms with Crippen LogP contribution in [-0.2, 0) is 9.59 Å². The van der Waals surface area contributed by atoms with Gasteiger partial charge in [0, 0.05) is 17.8 Å². The Labute approximate surface area is 144 Å². The van der Waals surface area contributed by atoms with E-state index < -0.39 is 0 Å². The molecule has 6 heteroatoms. The van der Waals surface area contributed by atoms with Crippen LogP contribution in [0.1, 0.15) is 33.6 Å². The van der Waals surface area contributed by atoms with Crippen molar-refractivity contribution in [2.45, 2.75) is 39.7 Å². The molecule has 0 saturated heterocycles. The Bertz CT molecular complexity index is 530. The van der Waals surface area contributed by atoms with Crippen molar-refractivity contribution in [3.05, 3.63) is 24.3 Å². The molecule has 0 spiro atoms. The molecule has 24 heavy (non-hydrogen) atoms. The second-order valence-corrected chi connectivity index (χ2v) is 5.82. The first kappa shape index (κ1) is 20.0. The molecule has 0 saturated carbocycles. The van der Waals surface area contributed by atoms with Gasteiger partial charge in [0.05, 0.1) is 13.7 Å². The lowest BCUT2D eigenvalue weighted by Crippen LogP contribution is -3.14. The number of quaternary nitrogens is 1. The van der Waals surface area contributed by atoms with E-state index in [4.69, 9.17) is 4.74 Å². The largest absolute Gasteiger partial charge is 0.497 e. The fourth-order valence-electron chi connectivity index (χ4n) is 2.44. The molecule has 1 atom stereocenters. The molecule has 1 rings (SSSR count). The van der Waals surface area contributed by atoms with Gasteiger partial charge in [0.25, 0.3) is 11.8 Å². The van der Waals surface area contributed by atoms with E-state index in [1.165, 1.54) is 0 Å². The van der Waals surface area contributed by atoms with Crippen molar-refractivity contribution >= 4 is 17.5 Å². The monoisotopic (exact) mass is 336 g/mol. The summed E-state index contributed by atoms with van der Waals surface area (Å²) in [5.74, 6) is 0.571. The molecular formula is C18H30N3O3+. The summed E-state index contributed by atoms with van der Waals surface area (Å²) in [4.78, 5) is 25.2. The maximum atomic E-state index is 12.2. The fraction of sp³-hybridized carbons (Fsp3) is 0.556. The summed E-state index contributed by atoms with van der Waals surface area (Å²) in [6.45, 7) is 7.35. The zero-order chi connectivity index (χ0) is 17.9. The summed E-state index contributed by atoms with van der Waals surface area (Å²) in [5.41, 5.74) is 0.691. The van der Waals surface area contributed by atoms with Crippen LogP contribution >= 0.6 is 0 Å². The van der Waals surface area contributed by atoms with Crippen molar-refractivity contribution < 1.29 is 19.2 Å². The van der Waals surface area contributed by atoms with E-state index in [0.29, 0.717) is 24.5 Å². The lowest BCUT2D eigenvalue weighted by Gasteiger charge is -2.19. The quantitative estimate of drug-likeness (QED) is 0.593. The van der Waals surface area contributed by atoms with Crippen molar-refractivity contribution in [3.63, 3.8) is 0 Å². The second-order valence-electron chi connectivity index (χ2n) is 5.82. The zero-order valence-corrected chi connectivity index (χ0v) is 15.1. The van der Waals surface area contributed by atoms with E-state index in [2.05, 4.69) is 24.5 Å². The maximum Gasteiger partial charge on any atom is 0.279 e. The highest BCUT2D eigenvalue weighted by atomic mass is 16.5. The lowest BCUT2D eigenvalue weighted by atomic mass is 10.2. The number of nitrogens with one attached hydrogen (secondary N) is 3. The van der Waals surface area contributed by atoms with Crippen LogP contribution < -0.4 is 20.3 Å². The molecule has 1 unspecified atom stereocenters. The smallest absolute Gasteiger partial charge is 0.279 e. The number of anilines is 1. The van der Waals surface area contributed by atoms with Gasteiger partial charge in [-0.1, -0.05) is 19.9 Å². The van der Waals surface area contributed by atoms with Gasteiger partial charge in [-0.3, -0.25) is 9.59 Å². The SMILES string of the molecule is CCC(CC)NC(=O)C[NH+](CC)CC(=O)Nc1cccc(OC)c1. The minimum Gasteiger partial charge on any atom is -0.497 e. The molecule has 0 aliphatic rings. The van der Waals surface area contributed by atoms with E-state index in [1.807, 2.05) is 25.1 Å². The van der Waals surface area contributed by atoms with Gasteiger partial charge in [-0.2, -0.15) is 0 Å². The average molecular weight is 336 g/mol. The number of amides is 2. The number of hydrogen-bond donors (Lipinski definition) is 3. The van der Waals surface area contributed by atoms with Crippen LogP contribution in [0.25, 0.3) is 0 Å². The first-order chi connectivity index (χ1) is 11.5. The van der Waals surface area contributed by atoms with E-state index in [0.717, 1.165) is 17.7 Å². The molecule has 0 radical (unpaired) electrons. The van der Waals surface area contributed by atoms with Crippen molar-refractivity contribution in [2.75, 3.05) is 32.1 Å². The average Bonchev–Trinajstić information content (AvgIpc) is 2.59. The summed E-state index contributed by atoms with van der Waals surface area (Å²) >= 11 is 0. The minimum absolute atomic E-state index is 0.00488. The van der Waals surface area contributed by atoms with Gasteiger partial charge >= 0.3 is 0 Å². The van der Waals surface area contributed by atoms with Crippen LogP contribution in [0, 0.1) is 0 Å². The molecule has 0 aliphatic carbocycles. The lowest BCUT2D eigenvalue weighted by molar-refractivity contribution is -0.881. The molecule has 0 fully saturated rings. The van der Waals surface area contributed by atoms with Gasteiger partial charge in [0.2, 0.25) is 0 Å². The topological polar surface area (TPSA) is 71.9 Å². The number of carbonyl (C=O) groups is 2. The van der Waals surface area contributed by atoms with E-state index in [1.54, 1.807) is 13.2 Å². The number of rotatable bonds is 10. The van der Waals surface area contributed by atoms with Gasteiger partial charge in [-0.25, -0.2) is 0 Å². The van der Waals surface area contributed by atoms with Crippen LogP contribution in [0.2, 0.25) is 0 Å². The molecule has 0 bridgehead atoms. The third-order valence-electron chi connectivity index (χ3n) is 4.03. The summed E-state index contributed by atoms with van der Waals surface area (Å²) in [7, 11) is 1.59. The van der Waals surface area contributed by atoms with Crippen molar-refractivity contribution in [3.8, 4) is 5.75 Å². The number of ether oxygens (including phenoxy) is 1. The molecule has 3 N–H and O–H groups in total. The highest BCUT2D eigenvalue weighted by Crippen LogP contribution is 2.16. The van der Waals surface area contributed by atoms with Crippen LogP contribution in [0.5, 0.6) is 5.75 Å². The molecule has 1 aromatic carbocycles. The number of carbonyl (C=O) groups excluding carboxylic acids is 2. The Balaban J connectivity index is 2.51. The molecule has 2 amide bonds. The molecule has 134 valence electrons. The van der Waals surface area contributed by atoms with E-state index >= 15 is 0 Å². The Hall–Kier alpha value is -2.08. The maximum absolute atomic E-state index is 12.2. The normalized spacial score (nSPS) is 11.9. The summed E-state index contributed by atoms with van der Waals surface area (Å²) < 4.78 is 5.14. The third-order valence-corrected chi connectivity index (χ3v) is 4.03. The molecule has 6 nitrogen and oxygen atoms in total. The van der Waals surface area contributed by atoms with Crippen molar-refractivity contribution in [1.82, 2.24) is 5.32 Å². The molecule has 0 aliphatic heterocycles. The standard InChI is InChI=1S/C18H29N3O3/c1-5-14(6-2)19-17(22)12-21(7-3)13-18(23)20-15-9-8-10-16(11-15)24-4/h8-11,14H,5-7,12-13H2,1-4H3,(H,19,22)(H,20,23)/p+1. The number of likely N-dealkylation sites (N-methyl/N-ethyl adjacent to an activating group) is 1. The van der Waals surface area contributed by atoms with Crippen LogP contribution in [0.4, 0.5) is 5.69 Å². The van der Waals surface area contributed by atoms with Gasteiger partial charge in [0.15, 0.2) is 13.1 Å². The summed E-state index contributed by atoms with van der Waals surface area (Å²) in [6, 6.07) is 7.43. The molecular weight excluding hydrogens is 306 g/mol. The predicted molar refractivity (Wildman–Crippen MR) is 95.4 cm³/mol. The first-order valence-electron chi connectivity index (χ1n) is 8.59. The Kier molecular flexibility index (Phi) is 8.86. The fourth-order valence-corrected chi connectivity index (χ4v) is 2.44. The van der Waals surface area contributed by atoms with Crippen LogP contribution in [0.3, 0.4) is 0 Å². The van der Waals surface area contributed by atoms with Gasteiger partial charge < -0.3 is 20.3 Å².